The molecule has 2 aromatic rings. The molecule has 1 heterocycles. The van der Waals surface area contributed by atoms with Crippen LogP contribution in [0.15, 0.2) is 24.3 Å². The van der Waals surface area contributed by atoms with Gasteiger partial charge in [-0.25, -0.2) is 0 Å². The first kappa shape index (κ1) is 13.6. The maximum Gasteiger partial charge on any atom is 0.0719 e. The summed E-state index contributed by atoms with van der Waals surface area (Å²) < 4.78 is 2.13. The molecule has 3 nitrogen and oxygen atoms in total. The minimum absolute atomic E-state index is 0.479. The molecule has 1 aromatic heterocycles. The normalized spacial score (nSPS) is 18.4. The quantitative estimate of drug-likeness (QED) is 0.873. The molecule has 1 aliphatic carbocycles. The van der Waals surface area contributed by atoms with Crippen molar-refractivity contribution in [1.29, 1.82) is 0 Å². The molecule has 0 bridgehead atoms. The number of nitrogens with one attached hydrogen (secondary N) is 1. The molecule has 3 heteroatoms. The van der Waals surface area contributed by atoms with Crippen molar-refractivity contribution in [3.05, 3.63) is 30.0 Å². The molecule has 1 N–H and O–H groups in total. The van der Waals surface area contributed by atoms with Gasteiger partial charge in [0.15, 0.2) is 0 Å². The Kier molecular flexibility index (Phi) is 3.55. The van der Waals surface area contributed by atoms with Crippen molar-refractivity contribution in [3.8, 4) is 0 Å². The van der Waals surface area contributed by atoms with Crippen LogP contribution in [0.3, 0.4) is 0 Å². The molecular weight excluding hydrogens is 246 g/mol. The Hall–Kier alpha value is -1.35. The van der Waals surface area contributed by atoms with Crippen molar-refractivity contribution in [1.82, 2.24) is 15.1 Å². The van der Waals surface area contributed by atoms with E-state index in [1.54, 1.807) is 0 Å². The standard InChI is InChI=1S/C17H25N3/c1-4-18-16(17(3)10-11-17)12-14-13-8-6-7-9-15(13)20(5-2)19-14/h6-9,16,18H,4-5,10-12H2,1-3H3. The molecule has 1 atom stereocenters. The summed E-state index contributed by atoms with van der Waals surface area (Å²) in [6.45, 7) is 8.73. The maximum atomic E-state index is 4.85. The van der Waals surface area contributed by atoms with Crippen molar-refractivity contribution in [2.45, 2.75) is 52.6 Å². The van der Waals surface area contributed by atoms with Crippen LogP contribution >= 0.6 is 0 Å². The van der Waals surface area contributed by atoms with Gasteiger partial charge in [-0.3, -0.25) is 4.68 Å². The fraction of sp³-hybridized carbons (Fsp3) is 0.588. The van der Waals surface area contributed by atoms with Crippen molar-refractivity contribution in [3.63, 3.8) is 0 Å². The first-order valence-electron chi connectivity index (χ1n) is 7.85. The van der Waals surface area contributed by atoms with Gasteiger partial charge in [-0.1, -0.05) is 32.0 Å². The van der Waals surface area contributed by atoms with Gasteiger partial charge >= 0.3 is 0 Å². The van der Waals surface area contributed by atoms with Crippen LogP contribution in [0.25, 0.3) is 10.9 Å². The number of para-hydroxylation sites is 1. The second kappa shape index (κ2) is 5.21. The first-order chi connectivity index (χ1) is 9.68. The highest BCUT2D eigenvalue weighted by molar-refractivity contribution is 5.82. The molecule has 1 aromatic carbocycles. The molecule has 0 radical (unpaired) electrons. The van der Waals surface area contributed by atoms with Gasteiger partial charge in [0, 0.05) is 24.4 Å². The number of hydrogen-bond donors (Lipinski definition) is 1. The summed E-state index contributed by atoms with van der Waals surface area (Å²) in [7, 11) is 0. The highest BCUT2D eigenvalue weighted by Gasteiger charge is 2.44. The van der Waals surface area contributed by atoms with Crippen molar-refractivity contribution >= 4 is 10.9 Å². The first-order valence-corrected chi connectivity index (χ1v) is 7.85. The Morgan fingerprint density at radius 2 is 2.05 bits per heavy atom. The van der Waals surface area contributed by atoms with Crippen LogP contribution in [0.5, 0.6) is 0 Å². The van der Waals surface area contributed by atoms with Crippen molar-refractivity contribution in [2.75, 3.05) is 6.54 Å². The van der Waals surface area contributed by atoms with Gasteiger partial charge < -0.3 is 5.32 Å². The van der Waals surface area contributed by atoms with Gasteiger partial charge in [0.25, 0.3) is 0 Å². The molecular formula is C17H25N3. The summed E-state index contributed by atoms with van der Waals surface area (Å²) in [5, 5.41) is 9.84. The highest BCUT2D eigenvalue weighted by atomic mass is 15.3. The van der Waals surface area contributed by atoms with E-state index in [1.165, 1.54) is 29.4 Å². The number of hydrogen-bond acceptors (Lipinski definition) is 2. The van der Waals surface area contributed by atoms with Gasteiger partial charge in [0.2, 0.25) is 0 Å². The summed E-state index contributed by atoms with van der Waals surface area (Å²) >= 11 is 0. The van der Waals surface area contributed by atoms with Crippen LogP contribution in [0.1, 0.15) is 39.3 Å². The molecule has 0 spiro atoms. The zero-order valence-electron chi connectivity index (χ0n) is 12.8. The molecule has 0 saturated heterocycles. The molecule has 1 unspecified atom stereocenters. The van der Waals surface area contributed by atoms with Gasteiger partial charge in [-0.05, 0) is 37.8 Å². The lowest BCUT2D eigenvalue weighted by Gasteiger charge is -2.23. The number of aromatic nitrogens is 2. The average Bonchev–Trinajstić information content (AvgIpc) is 3.12. The number of aryl methyl sites for hydroxylation is 1. The van der Waals surface area contributed by atoms with Gasteiger partial charge in [0.1, 0.15) is 0 Å². The lowest BCUT2D eigenvalue weighted by Crippen LogP contribution is -2.38. The molecule has 3 rings (SSSR count). The molecule has 0 aliphatic heterocycles. The van der Waals surface area contributed by atoms with Crippen molar-refractivity contribution < 1.29 is 0 Å². The Morgan fingerprint density at radius 1 is 1.30 bits per heavy atom. The van der Waals surface area contributed by atoms with Gasteiger partial charge in [-0.2, -0.15) is 5.10 Å². The number of rotatable bonds is 6. The van der Waals surface area contributed by atoms with Crippen LogP contribution < -0.4 is 5.32 Å². The highest BCUT2D eigenvalue weighted by Crippen LogP contribution is 2.49. The average molecular weight is 271 g/mol. The number of likely N-dealkylation sites (N-methyl/N-ethyl adjacent to an activating group) is 1. The van der Waals surface area contributed by atoms with Crippen LogP contribution in [-0.2, 0) is 13.0 Å². The minimum Gasteiger partial charge on any atom is -0.313 e. The van der Waals surface area contributed by atoms with Crippen LogP contribution in [-0.4, -0.2) is 22.4 Å². The van der Waals surface area contributed by atoms with Crippen LogP contribution in [0.4, 0.5) is 0 Å². The topological polar surface area (TPSA) is 29.9 Å². The van der Waals surface area contributed by atoms with E-state index in [-0.39, 0.29) is 0 Å². The third-order valence-corrected chi connectivity index (χ3v) is 4.76. The largest absolute Gasteiger partial charge is 0.313 e. The maximum absolute atomic E-state index is 4.85. The van der Waals surface area contributed by atoms with E-state index in [2.05, 4.69) is 55.0 Å². The second-order valence-electron chi connectivity index (χ2n) is 6.25. The summed E-state index contributed by atoms with van der Waals surface area (Å²) in [6, 6.07) is 9.16. The Bertz CT molecular complexity index is 595. The molecule has 20 heavy (non-hydrogen) atoms. The van der Waals surface area contributed by atoms with Gasteiger partial charge in [0.05, 0.1) is 11.2 Å². The van der Waals surface area contributed by atoms with Crippen LogP contribution in [0.2, 0.25) is 0 Å². The van der Waals surface area contributed by atoms with E-state index in [0.29, 0.717) is 11.5 Å². The van der Waals surface area contributed by atoms with E-state index in [9.17, 15) is 0 Å². The monoisotopic (exact) mass is 271 g/mol. The van der Waals surface area contributed by atoms with E-state index in [1.807, 2.05) is 0 Å². The Labute approximate surface area is 121 Å². The Balaban J connectivity index is 1.93. The lowest BCUT2D eigenvalue weighted by molar-refractivity contribution is 0.357. The van der Waals surface area contributed by atoms with E-state index < -0.39 is 0 Å². The second-order valence-corrected chi connectivity index (χ2v) is 6.25. The third-order valence-electron chi connectivity index (χ3n) is 4.76. The minimum atomic E-state index is 0.479. The number of fused-ring (bicyclic) bond motifs is 1. The van der Waals surface area contributed by atoms with Gasteiger partial charge in [-0.15, -0.1) is 0 Å². The number of benzene rings is 1. The molecule has 0 amide bonds. The molecule has 1 fully saturated rings. The van der Waals surface area contributed by atoms with Crippen LogP contribution in [0, 0.1) is 5.41 Å². The predicted octanol–water partition coefficient (Wildman–Crippen LogP) is 3.38. The van der Waals surface area contributed by atoms with E-state index in [0.717, 1.165) is 19.5 Å². The lowest BCUT2D eigenvalue weighted by atomic mass is 9.93. The summed E-state index contributed by atoms with van der Waals surface area (Å²) in [4.78, 5) is 0. The molecule has 108 valence electrons. The fourth-order valence-electron chi connectivity index (χ4n) is 3.14. The van der Waals surface area contributed by atoms with E-state index >= 15 is 0 Å². The predicted molar refractivity (Wildman–Crippen MR) is 83.9 cm³/mol. The SMILES string of the molecule is CCNC(Cc1nn(CC)c2ccccc12)C1(C)CC1. The molecule has 1 aliphatic rings. The zero-order chi connectivity index (χ0) is 14.2. The van der Waals surface area contributed by atoms with Crippen molar-refractivity contribution in [2.24, 2.45) is 5.41 Å². The summed E-state index contributed by atoms with van der Waals surface area (Å²) in [5.41, 5.74) is 3.00. The summed E-state index contributed by atoms with van der Waals surface area (Å²) in [6.07, 6.45) is 3.73. The smallest absolute Gasteiger partial charge is 0.0719 e. The number of nitrogens with zero attached hydrogens (tertiary/aromatic N) is 2. The van der Waals surface area contributed by atoms with E-state index in [4.69, 9.17) is 5.10 Å². The Morgan fingerprint density at radius 3 is 2.70 bits per heavy atom. The summed E-state index contributed by atoms with van der Waals surface area (Å²) in [5.74, 6) is 0. The fourth-order valence-corrected chi connectivity index (χ4v) is 3.14. The third kappa shape index (κ3) is 2.35. The zero-order valence-corrected chi connectivity index (χ0v) is 12.8. The molecule has 1 saturated carbocycles.